The molecule has 0 aliphatic carbocycles. The molecule has 1 aromatic heterocycles. The van der Waals surface area contributed by atoms with Crippen LogP contribution in [0.4, 0.5) is 5.95 Å². The number of halogens is 1. The van der Waals surface area contributed by atoms with Crippen molar-refractivity contribution in [1.29, 1.82) is 0 Å². The summed E-state index contributed by atoms with van der Waals surface area (Å²) in [6, 6.07) is 1.86. The molecule has 1 aliphatic rings. The van der Waals surface area contributed by atoms with Crippen LogP contribution in [0.3, 0.4) is 0 Å². The number of anilines is 1. The molecule has 0 spiro atoms. The topological polar surface area (TPSA) is 32.3 Å². The smallest absolute Gasteiger partial charge is 0.225 e. The lowest BCUT2D eigenvalue weighted by atomic mass is 10.3. The lowest BCUT2D eigenvalue weighted by Crippen LogP contribution is -2.47. The van der Waals surface area contributed by atoms with Gasteiger partial charge in [0.1, 0.15) is 0 Å². The van der Waals surface area contributed by atoms with E-state index in [9.17, 15) is 0 Å². The highest BCUT2D eigenvalue weighted by Crippen LogP contribution is 2.09. The first-order chi connectivity index (χ1) is 7.90. The van der Waals surface area contributed by atoms with Crippen LogP contribution in [0.2, 0.25) is 0 Å². The van der Waals surface area contributed by atoms with Crippen molar-refractivity contribution in [2.45, 2.75) is 6.42 Å². The van der Waals surface area contributed by atoms with Crippen LogP contribution in [0.5, 0.6) is 0 Å². The van der Waals surface area contributed by atoms with Crippen LogP contribution in [-0.4, -0.2) is 52.9 Å². The molecule has 0 aromatic carbocycles. The van der Waals surface area contributed by atoms with Gasteiger partial charge in [0, 0.05) is 43.9 Å². The zero-order valence-corrected chi connectivity index (χ0v) is 10.9. The SMILES string of the molecule is BrCCCN1CCN(c2ncccn2)CC1. The van der Waals surface area contributed by atoms with Crippen molar-refractivity contribution < 1.29 is 0 Å². The second kappa shape index (κ2) is 6.15. The van der Waals surface area contributed by atoms with E-state index < -0.39 is 0 Å². The first-order valence-electron chi connectivity index (χ1n) is 5.70. The minimum atomic E-state index is 0.864. The highest BCUT2D eigenvalue weighted by atomic mass is 79.9. The molecule has 0 amide bonds. The van der Waals surface area contributed by atoms with Crippen LogP contribution in [0.15, 0.2) is 18.5 Å². The fourth-order valence-electron chi connectivity index (χ4n) is 1.91. The maximum Gasteiger partial charge on any atom is 0.225 e. The predicted octanol–water partition coefficient (Wildman–Crippen LogP) is 1.38. The average molecular weight is 285 g/mol. The number of rotatable bonds is 4. The van der Waals surface area contributed by atoms with Gasteiger partial charge in [-0.3, -0.25) is 4.90 Å². The third-order valence-corrected chi connectivity index (χ3v) is 3.38. The van der Waals surface area contributed by atoms with E-state index in [0.29, 0.717) is 0 Å². The van der Waals surface area contributed by atoms with Gasteiger partial charge in [0.25, 0.3) is 0 Å². The van der Waals surface area contributed by atoms with Gasteiger partial charge in [0.05, 0.1) is 0 Å². The summed E-state index contributed by atoms with van der Waals surface area (Å²) in [6.45, 7) is 5.49. The fourth-order valence-corrected chi connectivity index (χ4v) is 2.16. The van der Waals surface area contributed by atoms with Gasteiger partial charge in [-0.1, -0.05) is 15.9 Å². The molecule has 5 heteroatoms. The fraction of sp³-hybridized carbons (Fsp3) is 0.636. The van der Waals surface area contributed by atoms with Crippen LogP contribution < -0.4 is 4.90 Å². The summed E-state index contributed by atoms with van der Waals surface area (Å²) in [5.41, 5.74) is 0. The van der Waals surface area contributed by atoms with Gasteiger partial charge in [-0.25, -0.2) is 9.97 Å². The van der Waals surface area contributed by atoms with Gasteiger partial charge in [-0.2, -0.15) is 0 Å². The monoisotopic (exact) mass is 284 g/mol. The van der Waals surface area contributed by atoms with E-state index >= 15 is 0 Å². The van der Waals surface area contributed by atoms with E-state index in [4.69, 9.17) is 0 Å². The predicted molar refractivity (Wildman–Crippen MR) is 69.1 cm³/mol. The normalized spacial score (nSPS) is 17.7. The van der Waals surface area contributed by atoms with Crippen LogP contribution in [-0.2, 0) is 0 Å². The highest BCUT2D eigenvalue weighted by molar-refractivity contribution is 9.09. The van der Waals surface area contributed by atoms with E-state index in [-0.39, 0.29) is 0 Å². The van der Waals surface area contributed by atoms with Gasteiger partial charge in [-0.05, 0) is 19.0 Å². The second-order valence-corrected chi connectivity index (χ2v) is 4.71. The molecule has 0 N–H and O–H groups in total. The molecule has 0 saturated carbocycles. The Morgan fingerprint density at radius 1 is 1.12 bits per heavy atom. The zero-order valence-electron chi connectivity index (χ0n) is 9.35. The van der Waals surface area contributed by atoms with Gasteiger partial charge in [-0.15, -0.1) is 0 Å². The standard InChI is InChI=1S/C11H17BrN4/c12-3-1-6-15-7-9-16(10-8-15)11-13-4-2-5-14-11/h2,4-5H,1,3,6-10H2. The second-order valence-electron chi connectivity index (χ2n) is 3.92. The van der Waals surface area contributed by atoms with Crippen LogP contribution in [0.25, 0.3) is 0 Å². The quantitative estimate of drug-likeness (QED) is 0.782. The number of nitrogens with zero attached hydrogens (tertiary/aromatic N) is 4. The van der Waals surface area contributed by atoms with Crippen molar-refractivity contribution in [1.82, 2.24) is 14.9 Å². The summed E-state index contributed by atoms with van der Waals surface area (Å²) in [5.74, 6) is 0.864. The molecule has 1 saturated heterocycles. The Kier molecular flexibility index (Phi) is 4.54. The molecule has 0 radical (unpaired) electrons. The molecule has 1 aliphatic heterocycles. The number of hydrogen-bond acceptors (Lipinski definition) is 4. The molecule has 2 rings (SSSR count). The van der Waals surface area contributed by atoms with Crippen molar-refractivity contribution in [3.8, 4) is 0 Å². The Balaban J connectivity index is 1.81. The zero-order chi connectivity index (χ0) is 11.2. The van der Waals surface area contributed by atoms with Gasteiger partial charge in [0.2, 0.25) is 5.95 Å². The molecule has 1 fully saturated rings. The Morgan fingerprint density at radius 2 is 1.81 bits per heavy atom. The first-order valence-corrected chi connectivity index (χ1v) is 6.82. The minimum absolute atomic E-state index is 0.864. The molecule has 1 aromatic rings. The van der Waals surface area contributed by atoms with Crippen molar-refractivity contribution in [2.24, 2.45) is 0 Å². The molecule has 0 unspecified atom stereocenters. The van der Waals surface area contributed by atoms with Gasteiger partial charge >= 0.3 is 0 Å². The van der Waals surface area contributed by atoms with Crippen molar-refractivity contribution in [2.75, 3.05) is 43.0 Å². The third kappa shape index (κ3) is 3.15. The highest BCUT2D eigenvalue weighted by Gasteiger charge is 2.17. The lowest BCUT2D eigenvalue weighted by molar-refractivity contribution is 0.258. The molecule has 16 heavy (non-hydrogen) atoms. The number of alkyl halides is 1. The molecule has 0 bridgehead atoms. The minimum Gasteiger partial charge on any atom is -0.338 e. The lowest BCUT2D eigenvalue weighted by Gasteiger charge is -2.34. The summed E-state index contributed by atoms with van der Waals surface area (Å²) in [6.07, 6.45) is 4.83. The Hall–Kier alpha value is -0.680. The first kappa shape index (κ1) is 11.8. The largest absolute Gasteiger partial charge is 0.338 e. The summed E-state index contributed by atoms with van der Waals surface area (Å²) < 4.78 is 0. The maximum absolute atomic E-state index is 4.28. The van der Waals surface area contributed by atoms with Crippen molar-refractivity contribution in [3.63, 3.8) is 0 Å². The molecule has 2 heterocycles. The van der Waals surface area contributed by atoms with E-state index in [1.54, 1.807) is 12.4 Å². The number of piperazine rings is 1. The number of hydrogen-bond donors (Lipinski definition) is 0. The Labute approximate surface area is 105 Å². The Bertz CT molecular complexity index is 298. The summed E-state index contributed by atoms with van der Waals surface area (Å²) in [7, 11) is 0. The third-order valence-electron chi connectivity index (χ3n) is 2.82. The van der Waals surface area contributed by atoms with Gasteiger partial charge in [0.15, 0.2) is 0 Å². The molecule has 4 nitrogen and oxygen atoms in total. The van der Waals surface area contributed by atoms with E-state index in [1.165, 1.54) is 13.0 Å². The summed E-state index contributed by atoms with van der Waals surface area (Å²) in [5, 5.41) is 1.09. The summed E-state index contributed by atoms with van der Waals surface area (Å²) >= 11 is 3.47. The van der Waals surface area contributed by atoms with E-state index in [1.807, 2.05) is 6.07 Å². The van der Waals surface area contributed by atoms with Gasteiger partial charge < -0.3 is 4.90 Å². The number of aromatic nitrogens is 2. The van der Waals surface area contributed by atoms with E-state index in [2.05, 4.69) is 35.7 Å². The van der Waals surface area contributed by atoms with E-state index in [0.717, 1.165) is 37.5 Å². The van der Waals surface area contributed by atoms with Crippen LogP contribution in [0, 0.1) is 0 Å². The molecule has 0 atom stereocenters. The Morgan fingerprint density at radius 3 is 2.44 bits per heavy atom. The maximum atomic E-state index is 4.28. The molecular formula is C11H17BrN4. The van der Waals surface area contributed by atoms with Crippen LogP contribution in [0.1, 0.15) is 6.42 Å². The van der Waals surface area contributed by atoms with Crippen molar-refractivity contribution >= 4 is 21.9 Å². The van der Waals surface area contributed by atoms with Crippen molar-refractivity contribution in [3.05, 3.63) is 18.5 Å². The average Bonchev–Trinajstić information content (AvgIpc) is 2.38. The molecular weight excluding hydrogens is 268 g/mol. The summed E-state index contributed by atoms with van der Waals surface area (Å²) in [4.78, 5) is 13.3. The molecule has 88 valence electrons. The van der Waals surface area contributed by atoms with Crippen LogP contribution >= 0.6 is 15.9 Å².